The van der Waals surface area contributed by atoms with Gasteiger partial charge in [0.2, 0.25) is 0 Å². The summed E-state index contributed by atoms with van der Waals surface area (Å²) in [6.07, 6.45) is 3.60. The summed E-state index contributed by atoms with van der Waals surface area (Å²) in [5, 5.41) is 3.55. The van der Waals surface area contributed by atoms with Gasteiger partial charge < -0.3 is 20.7 Å². The van der Waals surface area contributed by atoms with E-state index < -0.39 is 11.9 Å². The van der Waals surface area contributed by atoms with E-state index in [1.54, 1.807) is 64.1 Å². The molecule has 11 heteroatoms. The third kappa shape index (κ3) is 4.76. The van der Waals surface area contributed by atoms with E-state index in [-0.39, 0.29) is 11.6 Å². The Labute approximate surface area is 205 Å². The van der Waals surface area contributed by atoms with Crippen molar-refractivity contribution in [1.82, 2.24) is 19.9 Å². The van der Waals surface area contributed by atoms with Crippen molar-refractivity contribution in [3.8, 4) is 5.75 Å². The van der Waals surface area contributed by atoms with Gasteiger partial charge in [0.25, 0.3) is 5.91 Å². The predicted molar refractivity (Wildman–Crippen MR) is 138 cm³/mol. The maximum Gasteiger partial charge on any atom is 0.262 e. The lowest BCUT2D eigenvalue weighted by molar-refractivity contribution is -0.135. The molecule has 4 aromatic rings. The molecule has 2 heterocycles. The van der Waals surface area contributed by atoms with Gasteiger partial charge in [0, 0.05) is 39.1 Å². The van der Waals surface area contributed by atoms with Crippen LogP contribution in [-0.4, -0.2) is 59.2 Å². The van der Waals surface area contributed by atoms with Crippen molar-refractivity contribution in [1.29, 1.82) is 0 Å². The molecule has 9 nitrogen and oxygen atoms in total. The lowest BCUT2D eigenvalue weighted by Crippen LogP contribution is -2.35. The normalized spacial score (nSPS) is 12.9. The summed E-state index contributed by atoms with van der Waals surface area (Å²) in [5.74, 6) is 0.0125. The van der Waals surface area contributed by atoms with Crippen LogP contribution in [-0.2, 0) is 4.79 Å². The van der Waals surface area contributed by atoms with Crippen LogP contribution in [0.5, 0.6) is 5.75 Å². The zero-order chi connectivity index (χ0) is 25.1. The van der Waals surface area contributed by atoms with Crippen LogP contribution in [0.3, 0.4) is 0 Å². The highest BCUT2D eigenvalue weighted by Gasteiger charge is 2.21. The first-order valence-electron chi connectivity index (χ1n) is 10.6. The summed E-state index contributed by atoms with van der Waals surface area (Å²) >= 11 is 1.22. The highest BCUT2D eigenvalue weighted by atomic mass is 32.1. The number of allylic oxidation sites excluding steroid dienone is 1. The van der Waals surface area contributed by atoms with Gasteiger partial charge in [-0.25, -0.2) is 19.3 Å². The lowest BCUT2D eigenvalue weighted by atomic mass is 10.0. The van der Waals surface area contributed by atoms with Crippen LogP contribution in [0.15, 0.2) is 47.3 Å². The number of aliphatic imine (C=N–C) groups is 1. The Bertz CT molecular complexity index is 1470. The number of nitrogens with zero attached hydrogens (tertiary/aromatic N) is 5. The molecule has 1 atom stereocenters. The minimum Gasteiger partial charge on any atom is -0.480 e. The number of halogens is 1. The van der Waals surface area contributed by atoms with Crippen LogP contribution >= 0.6 is 11.3 Å². The number of likely N-dealkylation sites (N-methyl/N-ethyl adjacent to an activating group) is 1. The molecule has 0 radical (unpaired) electrons. The predicted octanol–water partition coefficient (Wildman–Crippen LogP) is 3.98. The fraction of sp³-hybridized carbons (Fsp3) is 0.208. The second-order valence-corrected chi connectivity index (χ2v) is 8.70. The molecule has 0 fully saturated rings. The van der Waals surface area contributed by atoms with Crippen LogP contribution in [0.4, 0.5) is 15.9 Å². The molecule has 35 heavy (non-hydrogen) atoms. The Balaban J connectivity index is 1.88. The van der Waals surface area contributed by atoms with Crippen molar-refractivity contribution in [3.63, 3.8) is 0 Å². The number of hydrogen-bond acceptors (Lipinski definition) is 9. The van der Waals surface area contributed by atoms with E-state index in [4.69, 9.17) is 10.5 Å². The number of fused-ring (bicyclic) bond motifs is 2. The maximum absolute atomic E-state index is 15.1. The number of ether oxygens (including phenoxy) is 1. The molecule has 2 aromatic carbocycles. The second kappa shape index (κ2) is 10.0. The number of carbonyl (C=O) groups is 1. The Morgan fingerprint density at radius 3 is 2.77 bits per heavy atom. The molecule has 3 N–H and O–H groups in total. The second-order valence-electron chi connectivity index (χ2n) is 7.85. The Kier molecular flexibility index (Phi) is 6.87. The van der Waals surface area contributed by atoms with Gasteiger partial charge >= 0.3 is 0 Å². The molecule has 0 bridgehead atoms. The van der Waals surface area contributed by atoms with E-state index in [9.17, 15) is 4.79 Å². The standard InChI is InChI=1S/C24H24FN7O2S/c1-13(24(33)32(3)4)34-19-8-14(15(9-26)10-27-2)7-18-20(19)23(29-11-28-18)31-16-5-6-17-22(21(16)25)35-12-30-17/h5-13H,26H2,1-4H3,(H,28,29,31)/b15-9+,27-10?. The van der Waals surface area contributed by atoms with Crippen molar-refractivity contribution < 1.29 is 13.9 Å². The van der Waals surface area contributed by atoms with Gasteiger partial charge in [0.15, 0.2) is 11.9 Å². The van der Waals surface area contributed by atoms with Gasteiger partial charge in [0.1, 0.15) is 17.9 Å². The van der Waals surface area contributed by atoms with E-state index in [0.29, 0.717) is 43.8 Å². The minimum absolute atomic E-state index is 0.221. The number of anilines is 2. The summed E-state index contributed by atoms with van der Waals surface area (Å²) in [4.78, 5) is 30.9. The topological polar surface area (TPSA) is 119 Å². The first kappa shape index (κ1) is 24.0. The first-order chi connectivity index (χ1) is 16.8. The van der Waals surface area contributed by atoms with Crippen molar-refractivity contribution in [2.45, 2.75) is 13.0 Å². The quantitative estimate of drug-likeness (QED) is 0.374. The van der Waals surface area contributed by atoms with Crippen molar-refractivity contribution in [2.75, 3.05) is 26.5 Å². The number of benzene rings is 2. The monoisotopic (exact) mass is 493 g/mol. The molecule has 180 valence electrons. The molecule has 4 rings (SSSR count). The first-order valence-corrected chi connectivity index (χ1v) is 11.5. The molecule has 0 aliphatic carbocycles. The van der Waals surface area contributed by atoms with Crippen molar-refractivity contribution >= 4 is 61.7 Å². The van der Waals surface area contributed by atoms with Crippen LogP contribution in [0.2, 0.25) is 0 Å². The van der Waals surface area contributed by atoms with E-state index >= 15 is 4.39 Å². The fourth-order valence-electron chi connectivity index (χ4n) is 3.59. The smallest absolute Gasteiger partial charge is 0.262 e. The zero-order valence-corrected chi connectivity index (χ0v) is 20.4. The largest absolute Gasteiger partial charge is 0.480 e. The Morgan fingerprint density at radius 2 is 2.06 bits per heavy atom. The highest BCUT2D eigenvalue weighted by Crippen LogP contribution is 2.36. The van der Waals surface area contributed by atoms with Gasteiger partial charge in [-0.15, -0.1) is 11.3 Å². The number of carbonyl (C=O) groups excluding carboxylic acids is 1. The maximum atomic E-state index is 15.1. The van der Waals surface area contributed by atoms with E-state index in [0.717, 1.165) is 0 Å². The molecule has 0 saturated heterocycles. The van der Waals surface area contributed by atoms with Crippen molar-refractivity contribution in [3.05, 3.63) is 53.7 Å². The molecule has 1 unspecified atom stereocenters. The van der Waals surface area contributed by atoms with E-state index in [2.05, 4.69) is 25.3 Å². The summed E-state index contributed by atoms with van der Waals surface area (Å²) in [6.45, 7) is 1.66. The minimum atomic E-state index is -0.799. The van der Waals surface area contributed by atoms with Gasteiger partial charge in [-0.05, 0) is 36.8 Å². The lowest BCUT2D eigenvalue weighted by Gasteiger charge is -2.21. The van der Waals surface area contributed by atoms with Crippen LogP contribution in [0, 0.1) is 5.82 Å². The van der Waals surface area contributed by atoms with E-state index in [1.165, 1.54) is 28.8 Å². The molecule has 0 saturated carbocycles. The Hall–Kier alpha value is -4.12. The fourth-order valence-corrected chi connectivity index (χ4v) is 4.31. The third-order valence-electron chi connectivity index (χ3n) is 5.27. The molecule has 0 aliphatic rings. The summed E-state index contributed by atoms with van der Waals surface area (Å²) in [6, 6.07) is 6.87. The number of rotatable bonds is 7. The van der Waals surface area contributed by atoms with Crippen LogP contribution < -0.4 is 15.8 Å². The number of amides is 1. The third-order valence-corrected chi connectivity index (χ3v) is 6.10. The summed E-state index contributed by atoms with van der Waals surface area (Å²) < 4.78 is 21.7. The van der Waals surface area contributed by atoms with Crippen LogP contribution in [0.25, 0.3) is 26.7 Å². The number of nitrogens with two attached hydrogens (primary N) is 1. The van der Waals surface area contributed by atoms with Gasteiger partial charge in [0.05, 0.1) is 32.3 Å². The number of thiazole rings is 1. The van der Waals surface area contributed by atoms with Gasteiger partial charge in [-0.1, -0.05) is 0 Å². The molecule has 1 amide bonds. The zero-order valence-electron chi connectivity index (χ0n) is 19.6. The van der Waals surface area contributed by atoms with E-state index in [1.807, 2.05) is 0 Å². The van der Waals surface area contributed by atoms with Crippen molar-refractivity contribution in [2.24, 2.45) is 10.7 Å². The summed E-state index contributed by atoms with van der Waals surface area (Å²) in [5.41, 5.74) is 10.1. The highest BCUT2D eigenvalue weighted by molar-refractivity contribution is 7.16. The molecular formula is C24H24FN7O2S. The number of nitrogens with one attached hydrogen (secondary N) is 1. The molecular weight excluding hydrogens is 469 g/mol. The average molecular weight is 494 g/mol. The summed E-state index contributed by atoms with van der Waals surface area (Å²) in [7, 11) is 4.94. The van der Waals surface area contributed by atoms with Gasteiger partial charge in [-0.3, -0.25) is 9.79 Å². The SMILES string of the molecule is CN=C/C(=C\N)c1cc(OC(C)C(=O)N(C)C)c2c(Nc3ccc4ncsc4c3F)ncnc2c1. The van der Waals surface area contributed by atoms with Gasteiger partial charge in [-0.2, -0.15) is 0 Å². The average Bonchev–Trinajstić information content (AvgIpc) is 3.33. The Morgan fingerprint density at radius 1 is 1.26 bits per heavy atom. The molecule has 0 spiro atoms. The number of hydrogen-bond donors (Lipinski definition) is 2. The molecule has 0 aliphatic heterocycles. The molecule has 2 aromatic heterocycles. The van der Waals surface area contributed by atoms with Crippen LogP contribution in [0.1, 0.15) is 12.5 Å². The number of aromatic nitrogens is 3.